The molecule has 0 aliphatic rings. The second-order valence-electron chi connectivity index (χ2n) is 18.0. The summed E-state index contributed by atoms with van der Waals surface area (Å²) in [6.45, 7) is 4.55. The molecule has 0 fully saturated rings. The quantitative estimate of drug-likeness (QED) is 0.0281. The van der Waals surface area contributed by atoms with E-state index in [0.29, 0.717) is 19.3 Å². The Balaban J connectivity index is 4.30. The fourth-order valence-corrected chi connectivity index (χ4v) is 7.10. The fraction of sp³-hybridized carbons (Fsp3) is 0.696. The maximum Gasteiger partial charge on any atom is 0.362 e. The van der Waals surface area contributed by atoms with E-state index in [1.165, 1.54) is 96.3 Å². The number of carboxylic acid groups (broad SMARTS) is 1. The summed E-state index contributed by atoms with van der Waals surface area (Å²) < 4.78 is 17.3. The van der Waals surface area contributed by atoms with Crippen molar-refractivity contribution in [2.24, 2.45) is 0 Å². The summed E-state index contributed by atoms with van der Waals surface area (Å²) in [7, 11) is 5.51. The number of unbranched alkanes of at least 4 members (excludes halogenated alkanes) is 17. The number of nitrogens with zero attached hydrogens (tertiary/aromatic N) is 1. The highest BCUT2D eigenvalue weighted by Crippen LogP contribution is 2.14. The van der Waals surface area contributed by atoms with Gasteiger partial charge in [0.2, 0.25) is 0 Å². The van der Waals surface area contributed by atoms with Gasteiger partial charge in [0.05, 0.1) is 34.4 Å². The summed E-state index contributed by atoms with van der Waals surface area (Å²) in [4.78, 5) is 37.1. The summed E-state index contributed by atoms with van der Waals surface area (Å²) in [5.74, 6) is -1.55. The molecule has 0 aliphatic heterocycles. The summed E-state index contributed by atoms with van der Waals surface area (Å²) in [6.07, 6.45) is 60.7. The van der Waals surface area contributed by atoms with Crippen LogP contribution in [0.2, 0.25) is 0 Å². The molecule has 64 heavy (non-hydrogen) atoms. The van der Waals surface area contributed by atoms with E-state index in [1.54, 1.807) is 0 Å². The molecular weight excluding hydrogens is 799 g/mol. The highest BCUT2D eigenvalue weighted by atomic mass is 16.6. The molecule has 0 aromatic heterocycles. The highest BCUT2D eigenvalue weighted by Gasteiger charge is 2.31. The smallest absolute Gasteiger partial charge is 0.362 e. The van der Waals surface area contributed by atoms with Gasteiger partial charge in [-0.3, -0.25) is 9.59 Å². The number of ether oxygens (including phenoxy) is 3. The lowest BCUT2D eigenvalue weighted by molar-refractivity contribution is -0.887. The molecule has 0 aromatic carbocycles. The molecule has 0 spiro atoms. The van der Waals surface area contributed by atoms with Gasteiger partial charge in [-0.15, -0.1) is 0 Å². The number of hydrogen-bond donors (Lipinski definition) is 1. The van der Waals surface area contributed by atoms with Crippen molar-refractivity contribution in [3.05, 3.63) is 85.1 Å². The van der Waals surface area contributed by atoms with E-state index in [1.807, 2.05) is 21.1 Å². The second-order valence-corrected chi connectivity index (χ2v) is 18.0. The number of aliphatic carboxylic acids is 1. The summed E-state index contributed by atoms with van der Waals surface area (Å²) in [6, 6.07) is -0.630. The highest BCUT2D eigenvalue weighted by molar-refractivity contribution is 5.72. The van der Waals surface area contributed by atoms with Crippen LogP contribution >= 0.6 is 0 Å². The molecule has 2 unspecified atom stereocenters. The Morgan fingerprint density at radius 3 is 1.34 bits per heavy atom. The van der Waals surface area contributed by atoms with E-state index >= 15 is 0 Å². The van der Waals surface area contributed by atoms with Crippen LogP contribution in [0.25, 0.3) is 0 Å². The lowest BCUT2D eigenvalue weighted by Crippen LogP contribution is -2.50. The Kier molecular flexibility index (Phi) is 43.5. The fourth-order valence-electron chi connectivity index (χ4n) is 7.10. The Hall–Kier alpha value is -3.49. The molecule has 0 aromatic rings. The van der Waals surface area contributed by atoms with Crippen LogP contribution in [0.5, 0.6) is 0 Å². The first-order valence-corrected chi connectivity index (χ1v) is 25.6. The number of hydrogen-bond acceptors (Lipinski definition) is 6. The molecule has 0 rings (SSSR count). The molecular formula is C56H96NO7+. The Morgan fingerprint density at radius 1 is 0.484 bits per heavy atom. The monoisotopic (exact) mass is 895 g/mol. The Labute approximate surface area is 393 Å². The van der Waals surface area contributed by atoms with Gasteiger partial charge in [-0.1, -0.05) is 182 Å². The van der Waals surface area contributed by atoms with Crippen molar-refractivity contribution in [1.82, 2.24) is 0 Å². The number of likely N-dealkylation sites (N-methyl/N-ethyl adjacent to an activating group) is 1. The summed E-state index contributed by atoms with van der Waals surface area (Å²) in [5.41, 5.74) is 0. The average molecular weight is 895 g/mol. The van der Waals surface area contributed by atoms with E-state index in [9.17, 15) is 19.5 Å². The molecule has 0 saturated heterocycles. The van der Waals surface area contributed by atoms with Crippen LogP contribution in [0.3, 0.4) is 0 Å². The van der Waals surface area contributed by atoms with Gasteiger partial charge in [0.15, 0.2) is 12.1 Å². The van der Waals surface area contributed by atoms with Crippen LogP contribution in [-0.4, -0.2) is 80.6 Å². The van der Waals surface area contributed by atoms with E-state index in [4.69, 9.17) is 14.2 Å². The van der Waals surface area contributed by atoms with Gasteiger partial charge >= 0.3 is 17.9 Å². The van der Waals surface area contributed by atoms with E-state index < -0.39 is 18.1 Å². The number of quaternary nitrogens is 1. The molecule has 0 radical (unpaired) electrons. The largest absolute Gasteiger partial charge is 0.477 e. The van der Waals surface area contributed by atoms with Crippen LogP contribution in [-0.2, 0) is 28.6 Å². The zero-order chi connectivity index (χ0) is 47.0. The van der Waals surface area contributed by atoms with Gasteiger partial charge in [-0.2, -0.15) is 0 Å². The molecule has 1 N–H and O–H groups in total. The molecule has 366 valence electrons. The maximum absolute atomic E-state index is 12.8. The predicted octanol–water partition coefficient (Wildman–Crippen LogP) is 14.9. The molecule has 8 heteroatoms. The van der Waals surface area contributed by atoms with Crippen molar-refractivity contribution in [3.8, 4) is 0 Å². The van der Waals surface area contributed by atoms with Crippen molar-refractivity contribution < 1.29 is 38.2 Å². The van der Waals surface area contributed by atoms with E-state index in [-0.39, 0.29) is 42.7 Å². The molecule has 0 saturated carbocycles. The van der Waals surface area contributed by atoms with Crippen LogP contribution in [0.1, 0.15) is 200 Å². The zero-order valence-corrected chi connectivity index (χ0v) is 41.7. The maximum atomic E-state index is 12.8. The molecule has 0 heterocycles. The van der Waals surface area contributed by atoms with Crippen LogP contribution in [0, 0.1) is 0 Å². The van der Waals surface area contributed by atoms with Crippen molar-refractivity contribution in [2.75, 3.05) is 41.0 Å². The van der Waals surface area contributed by atoms with Gasteiger partial charge < -0.3 is 23.8 Å². The minimum absolute atomic E-state index is 0.0338. The Morgan fingerprint density at radius 2 is 0.891 bits per heavy atom. The lowest BCUT2D eigenvalue weighted by atomic mass is 10.0. The van der Waals surface area contributed by atoms with Crippen molar-refractivity contribution in [2.45, 2.75) is 212 Å². The summed E-state index contributed by atoms with van der Waals surface area (Å²) in [5, 5.41) is 9.65. The molecule has 0 amide bonds. The van der Waals surface area contributed by atoms with Crippen molar-refractivity contribution >= 4 is 17.9 Å². The zero-order valence-electron chi connectivity index (χ0n) is 41.7. The number of carbonyl (C=O) groups is 3. The third-order valence-electron chi connectivity index (χ3n) is 11.0. The number of allylic oxidation sites excluding steroid dienone is 14. The molecule has 0 aliphatic carbocycles. The van der Waals surface area contributed by atoms with E-state index in [0.717, 1.165) is 64.2 Å². The third kappa shape index (κ3) is 43.7. The SMILES string of the molecule is CC/C=C\C/C=C\C/C=C\C/C=C\C/C=C\CCCC(=O)OC(COCCC(C(=O)O)[N+](C)(C)C)COC(=O)CCCCCCCCCCCCC/C=C\C/C=C\CCCCCCC. The normalized spacial score (nSPS) is 13.6. The van der Waals surface area contributed by atoms with Crippen LogP contribution in [0.4, 0.5) is 0 Å². The number of carboxylic acids is 1. The second kappa shape index (κ2) is 46.1. The van der Waals surface area contributed by atoms with Crippen LogP contribution in [0.15, 0.2) is 85.1 Å². The minimum atomic E-state index is -0.886. The number of carbonyl (C=O) groups excluding carboxylic acids is 2. The van der Waals surface area contributed by atoms with Crippen molar-refractivity contribution in [3.63, 3.8) is 0 Å². The molecule has 0 bridgehead atoms. The first-order chi connectivity index (χ1) is 31.1. The topological polar surface area (TPSA) is 99.1 Å². The van der Waals surface area contributed by atoms with Gasteiger partial charge in [0.1, 0.15) is 6.61 Å². The van der Waals surface area contributed by atoms with E-state index in [2.05, 4.69) is 98.9 Å². The average Bonchev–Trinajstić information content (AvgIpc) is 3.26. The first-order valence-electron chi connectivity index (χ1n) is 25.6. The predicted molar refractivity (Wildman–Crippen MR) is 270 cm³/mol. The molecule has 2 atom stereocenters. The number of esters is 2. The van der Waals surface area contributed by atoms with Gasteiger partial charge in [0.25, 0.3) is 0 Å². The molecule has 8 nitrogen and oxygen atoms in total. The standard InChI is InChI=1S/C56H95NO7/c1-6-8-10-12-14-16-18-20-22-24-25-26-27-28-29-31-32-34-36-38-40-42-44-46-54(58)63-51-52(50-62-49-48-53(56(60)61)57(3,4)5)64-55(59)47-45-43-41-39-37-35-33-30-23-21-19-17-15-13-11-9-7-2/h9,11,15,17-18,20-21,23-25,33,35,39,41,52-53H,6-8,10,12-14,16,19,22,26-32,34,36-38,40,42-51H2,1-5H3/p+1/b11-9-,17-15-,20-18-,23-21-,25-24-,35-33-,41-39-. The van der Waals surface area contributed by atoms with Gasteiger partial charge in [-0.05, 0) is 83.5 Å². The summed E-state index contributed by atoms with van der Waals surface area (Å²) >= 11 is 0. The third-order valence-corrected chi connectivity index (χ3v) is 11.0. The van der Waals surface area contributed by atoms with Crippen molar-refractivity contribution in [1.29, 1.82) is 0 Å². The lowest BCUT2D eigenvalue weighted by Gasteiger charge is -2.31. The van der Waals surface area contributed by atoms with Crippen LogP contribution < -0.4 is 0 Å². The first kappa shape index (κ1) is 60.5. The van der Waals surface area contributed by atoms with Gasteiger partial charge in [-0.25, -0.2) is 4.79 Å². The number of rotatable bonds is 45. The minimum Gasteiger partial charge on any atom is -0.477 e. The van der Waals surface area contributed by atoms with Gasteiger partial charge in [0, 0.05) is 19.3 Å². The Bertz CT molecular complexity index is 1320.